The Morgan fingerprint density at radius 1 is 0.490 bits per heavy atom. The van der Waals surface area contributed by atoms with Crippen LogP contribution in [0.2, 0.25) is 6.32 Å². The number of benzene rings is 5. The molecule has 1 aliphatic rings. The Bertz CT molecular complexity index is 2020. The van der Waals surface area contributed by atoms with Crippen molar-refractivity contribution in [2.75, 3.05) is 0 Å². The molecule has 1 aliphatic heterocycles. The number of hydrogen-bond donors (Lipinski definition) is 0. The molecule has 0 unspecified atom stereocenters. The molecule has 266 valence electrons. The second-order valence-electron chi connectivity index (χ2n) is 13.9. The number of aryl methyl sites for hydroxylation is 6. The maximum absolute atomic E-state index is 16.2. The van der Waals surface area contributed by atoms with Crippen molar-refractivity contribution in [3.63, 3.8) is 0 Å². The maximum Gasteiger partial charge on any atom is 0.200 e. The highest BCUT2D eigenvalue weighted by molar-refractivity contribution is 7.93. The first kappa shape index (κ1) is 36.7. The Labute approximate surface area is 289 Å². The first-order valence-electron chi connectivity index (χ1n) is 16.2. The highest BCUT2D eigenvalue weighted by Gasteiger charge is 2.69. The van der Waals surface area contributed by atoms with Crippen molar-refractivity contribution >= 4 is 34.9 Å². The van der Waals surface area contributed by atoms with Gasteiger partial charge < -0.3 is 0 Å². The Morgan fingerprint density at radius 2 is 0.804 bits per heavy atom. The Morgan fingerprint density at radius 3 is 1.14 bits per heavy atom. The zero-order chi connectivity index (χ0) is 37.5. The molecular formula is C39H32BF10P. The molecule has 1 fully saturated rings. The van der Waals surface area contributed by atoms with Gasteiger partial charge in [0.2, 0.25) is 0 Å². The molecular weight excluding hydrogens is 700 g/mol. The fourth-order valence-corrected chi connectivity index (χ4v) is 15.9. The van der Waals surface area contributed by atoms with Gasteiger partial charge in [0.05, 0.1) is 13.4 Å². The van der Waals surface area contributed by atoms with Gasteiger partial charge in [-0.2, -0.15) is 6.32 Å². The first-order valence-corrected chi connectivity index (χ1v) is 18.3. The lowest BCUT2D eigenvalue weighted by Crippen LogP contribution is -2.57. The van der Waals surface area contributed by atoms with Crippen molar-refractivity contribution in [1.82, 2.24) is 0 Å². The molecule has 5 aromatic carbocycles. The van der Waals surface area contributed by atoms with E-state index in [2.05, 4.69) is 0 Å². The molecule has 0 aliphatic carbocycles. The van der Waals surface area contributed by atoms with Crippen LogP contribution >= 0.6 is 7.26 Å². The van der Waals surface area contributed by atoms with Crippen molar-refractivity contribution in [2.45, 2.75) is 59.6 Å². The summed E-state index contributed by atoms with van der Waals surface area (Å²) >= 11 is 0. The third-order valence-electron chi connectivity index (χ3n) is 10.5. The van der Waals surface area contributed by atoms with E-state index in [4.69, 9.17) is 0 Å². The fraction of sp³-hybridized carbons (Fsp3) is 0.231. The summed E-state index contributed by atoms with van der Waals surface area (Å²) in [5.74, 6) is -24.1. The number of rotatable bonds is 7. The van der Waals surface area contributed by atoms with E-state index in [1.54, 1.807) is 58.0 Å². The van der Waals surface area contributed by atoms with Gasteiger partial charge >= 0.3 is 0 Å². The van der Waals surface area contributed by atoms with Gasteiger partial charge in [-0.25, -0.2) is 43.9 Å². The molecule has 1 heterocycles. The fourth-order valence-electron chi connectivity index (χ4n) is 9.02. The molecule has 1 atom stereocenters. The monoisotopic (exact) mass is 732 g/mol. The van der Waals surface area contributed by atoms with Gasteiger partial charge in [-0.3, -0.25) is 0 Å². The van der Waals surface area contributed by atoms with Gasteiger partial charge in [-0.15, -0.1) is 10.9 Å². The predicted molar refractivity (Wildman–Crippen MR) is 184 cm³/mol. The van der Waals surface area contributed by atoms with Crippen LogP contribution < -0.4 is 21.5 Å². The number of hydrogen-bond acceptors (Lipinski definition) is 0. The Balaban J connectivity index is 1.89. The minimum Gasteiger partial charge on any atom is -0.207 e. The summed E-state index contributed by atoms with van der Waals surface area (Å²) in [6.45, 7) is 10.9. The first-order chi connectivity index (χ1) is 23.9. The molecule has 0 nitrogen and oxygen atoms in total. The molecule has 6 rings (SSSR count). The summed E-state index contributed by atoms with van der Waals surface area (Å²) in [6, 6.07) is 16.2. The van der Waals surface area contributed by atoms with E-state index < -0.39 is 94.4 Å². The van der Waals surface area contributed by atoms with Gasteiger partial charge in [0.15, 0.2) is 34.9 Å². The lowest BCUT2D eigenvalue weighted by molar-refractivity contribution is 0.382. The van der Waals surface area contributed by atoms with Crippen LogP contribution in [0.15, 0.2) is 54.6 Å². The molecule has 0 saturated carbocycles. The summed E-state index contributed by atoms with van der Waals surface area (Å²) in [7, 11) is -3.51. The smallest absolute Gasteiger partial charge is 0.200 e. The molecule has 1 saturated heterocycles. The predicted octanol–water partition coefficient (Wildman–Crippen LogP) is 9.28. The van der Waals surface area contributed by atoms with Crippen LogP contribution in [0.25, 0.3) is 0 Å². The van der Waals surface area contributed by atoms with Crippen LogP contribution in [-0.4, -0.2) is 11.7 Å². The summed E-state index contributed by atoms with van der Waals surface area (Å²) in [4.78, 5) is 0. The van der Waals surface area contributed by atoms with E-state index in [0.717, 1.165) is 11.1 Å². The van der Waals surface area contributed by atoms with Crippen molar-refractivity contribution < 1.29 is 43.9 Å². The zero-order valence-electron chi connectivity index (χ0n) is 28.5. The molecule has 0 aromatic heterocycles. The number of halogens is 10. The topological polar surface area (TPSA) is 0 Å². The van der Waals surface area contributed by atoms with E-state index in [1.165, 1.54) is 0 Å². The normalized spacial score (nSPS) is 15.4. The van der Waals surface area contributed by atoms with Crippen LogP contribution in [0.3, 0.4) is 0 Å². The van der Waals surface area contributed by atoms with Gasteiger partial charge in [-0.1, -0.05) is 71.3 Å². The molecule has 0 radical (unpaired) electrons. The summed E-state index contributed by atoms with van der Waals surface area (Å²) in [5, 5.41) is 1.29. The highest BCUT2D eigenvalue weighted by atomic mass is 31.2. The Kier molecular flexibility index (Phi) is 9.23. The van der Waals surface area contributed by atoms with E-state index in [1.807, 2.05) is 38.1 Å². The van der Waals surface area contributed by atoms with Crippen molar-refractivity contribution in [1.29, 1.82) is 0 Å². The van der Waals surface area contributed by atoms with Crippen molar-refractivity contribution in [2.24, 2.45) is 0 Å². The molecule has 0 amide bonds. The quantitative estimate of drug-likeness (QED) is 0.0515. The molecule has 0 spiro atoms. The summed E-state index contributed by atoms with van der Waals surface area (Å²) < 4.78 is 154. The van der Waals surface area contributed by atoms with E-state index in [9.17, 15) is 8.78 Å². The van der Waals surface area contributed by atoms with Crippen LogP contribution in [-0.2, 0) is 6.16 Å². The van der Waals surface area contributed by atoms with Crippen LogP contribution in [0.4, 0.5) is 43.9 Å². The third-order valence-corrected chi connectivity index (χ3v) is 16.2. The highest BCUT2D eigenvalue weighted by Crippen LogP contribution is 2.75. The summed E-state index contributed by atoms with van der Waals surface area (Å²) in [5.41, 5.74) is 0.571. The molecule has 0 bridgehead atoms. The van der Waals surface area contributed by atoms with E-state index in [0.29, 0.717) is 38.4 Å². The van der Waals surface area contributed by atoms with Crippen LogP contribution in [0.1, 0.15) is 38.9 Å². The average Bonchev–Trinajstić information content (AvgIpc) is 3.80. The molecule has 0 N–H and O–H groups in total. The lowest BCUT2D eigenvalue weighted by atomic mass is 9.32. The second-order valence-corrected chi connectivity index (χ2v) is 17.5. The van der Waals surface area contributed by atoms with Gasteiger partial charge in [0.25, 0.3) is 0 Å². The minimum atomic E-state index is -3.94. The van der Waals surface area contributed by atoms with Crippen LogP contribution in [0.5, 0.6) is 0 Å². The average molecular weight is 732 g/mol. The van der Waals surface area contributed by atoms with Gasteiger partial charge in [0, 0.05) is 0 Å². The van der Waals surface area contributed by atoms with Gasteiger partial charge in [0.1, 0.15) is 40.0 Å². The molecule has 12 heteroatoms. The van der Waals surface area contributed by atoms with E-state index >= 15 is 35.1 Å². The van der Waals surface area contributed by atoms with E-state index in [-0.39, 0.29) is 6.16 Å². The summed E-state index contributed by atoms with van der Waals surface area (Å²) in [6.07, 6.45) is -4.51. The molecule has 51 heavy (non-hydrogen) atoms. The largest absolute Gasteiger partial charge is 0.207 e. The zero-order valence-corrected chi connectivity index (χ0v) is 29.4. The molecule has 5 aromatic rings. The maximum atomic E-state index is 16.2. The standard InChI is InChI=1S/C39H32BF10P/c1-18-12-20(3)38(21(4)13-18)51(17-24-10-8-7-9-11-24,39-22(5)14-19(2)15-23(39)6)25-16-40(25,26-28(41)32(45)36(49)33(46)29(26)42)27-30(43)34(47)37(50)35(48)31(27)44/h7-15,25H,16-17H2,1-6H3/t25-/m0/s1. The van der Waals surface area contributed by atoms with Crippen molar-refractivity contribution in [3.05, 3.63) is 152 Å². The SMILES string of the molecule is Cc1cc(C)c([P+](Cc2ccccc2)(c2c(C)cc(C)cc2C)[C@H]2C[B-]2(c2c(F)c(F)c(F)c(F)c2F)c2c(F)c(F)c(F)c(F)c2F)c(C)c1. The second kappa shape index (κ2) is 12.8. The van der Waals surface area contributed by atoms with Crippen LogP contribution in [0, 0.1) is 99.7 Å². The lowest BCUT2D eigenvalue weighted by Gasteiger charge is -2.39. The minimum absolute atomic E-state index is 0.0717. The van der Waals surface area contributed by atoms with Gasteiger partial charge in [-0.05, 0) is 69.4 Å². The Hall–Kier alpha value is -4.11. The third kappa shape index (κ3) is 5.41. The van der Waals surface area contributed by atoms with Crippen molar-refractivity contribution in [3.8, 4) is 0 Å².